The fraction of sp³-hybridized carbons (Fsp3) is 0.0833. The lowest BCUT2D eigenvalue weighted by Crippen LogP contribution is -2.12. The highest BCUT2D eigenvalue weighted by Gasteiger charge is 2.11. The van der Waals surface area contributed by atoms with Crippen molar-refractivity contribution in [3.05, 3.63) is 101 Å². The quantitative estimate of drug-likeness (QED) is 0.397. The number of rotatable bonds is 7. The van der Waals surface area contributed by atoms with Gasteiger partial charge in [0.1, 0.15) is 18.1 Å². The number of para-hydroxylation sites is 3. The molecule has 0 saturated carbocycles. The van der Waals surface area contributed by atoms with E-state index in [2.05, 4.69) is 10.3 Å². The number of aryl methyl sites for hydroxylation is 1. The zero-order valence-electron chi connectivity index (χ0n) is 16.4. The Bertz CT molecular complexity index is 1140. The van der Waals surface area contributed by atoms with Crippen molar-refractivity contribution in [1.29, 1.82) is 0 Å². The minimum absolute atomic E-state index is 0.242. The molecule has 1 heterocycles. The average molecular weight is 417 g/mol. The molecule has 1 N–H and O–H groups in total. The van der Waals surface area contributed by atoms with Crippen LogP contribution in [0.1, 0.15) is 21.1 Å². The smallest absolute Gasteiger partial charge is 0.255 e. The molecule has 30 heavy (non-hydrogen) atoms. The van der Waals surface area contributed by atoms with E-state index < -0.39 is 0 Å². The van der Waals surface area contributed by atoms with E-state index in [1.807, 2.05) is 66.9 Å². The predicted octanol–water partition coefficient (Wildman–Crippen LogP) is 6.08. The SMILES string of the molecule is Cc1nc(COc2cccc(C(=O)Nc3ccccc3Oc3ccccc3)c2)cs1. The van der Waals surface area contributed by atoms with Crippen molar-refractivity contribution in [3.8, 4) is 17.2 Å². The molecule has 0 aliphatic heterocycles. The summed E-state index contributed by atoms with van der Waals surface area (Å²) < 4.78 is 11.7. The zero-order chi connectivity index (χ0) is 20.8. The maximum atomic E-state index is 12.8. The summed E-state index contributed by atoms with van der Waals surface area (Å²) in [6, 6.07) is 23.9. The number of amides is 1. The number of benzene rings is 3. The number of hydrogen-bond donors (Lipinski definition) is 1. The number of hydrogen-bond acceptors (Lipinski definition) is 5. The first-order valence-corrected chi connectivity index (χ1v) is 10.3. The van der Waals surface area contributed by atoms with Crippen molar-refractivity contribution in [2.75, 3.05) is 5.32 Å². The summed E-state index contributed by atoms with van der Waals surface area (Å²) >= 11 is 1.58. The second-order valence-electron chi connectivity index (χ2n) is 6.54. The maximum Gasteiger partial charge on any atom is 0.255 e. The van der Waals surface area contributed by atoms with Gasteiger partial charge in [-0.1, -0.05) is 36.4 Å². The third-order valence-corrected chi connectivity index (χ3v) is 5.08. The molecule has 0 aliphatic rings. The van der Waals surface area contributed by atoms with Crippen LogP contribution >= 0.6 is 11.3 Å². The molecule has 0 bridgehead atoms. The Morgan fingerprint density at radius 3 is 2.53 bits per heavy atom. The number of carbonyl (C=O) groups excluding carboxylic acids is 1. The second-order valence-corrected chi connectivity index (χ2v) is 7.60. The monoisotopic (exact) mass is 416 g/mol. The normalized spacial score (nSPS) is 10.4. The summed E-state index contributed by atoms with van der Waals surface area (Å²) in [5, 5.41) is 5.89. The summed E-state index contributed by atoms with van der Waals surface area (Å²) in [6.07, 6.45) is 0. The van der Waals surface area contributed by atoms with Gasteiger partial charge in [-0.25, -0.2) is 4.98 Å². The van der Waals surface area contributed by atoms with Crippen LogP contribution in [0.25, 0.3) is 0 Å². The van der Waals surface area contributed by atoms with Crippen molar-refractivity contribution in [2.24, 2.45) is 0 Å². The van der Waals surface area contributed by atoms with Gasteiger partial charge in [0.2, 0.25) is 0 Å². The summed E-state index contributed by atoms with van der Waals surface area (Å²) in [6.45, 7) is 2.32. The highest BCUT2D eigenvalue weighted by Crippen LogP contribution is 2.29. The molecule has 0 unspecified atom stereocenters. The Labute approximate surface area is 178 Å². The summed E-state index contributed by atoms with van der Waals surface area (Å²) in [5.74, 6) is 1.64. The van der Waals surface area contributed by atoms with E-state index in [1.54, 1.807) is 35.6 Å². The molecule has 6 heteroatoms. The van der Waals surface area contributed by atoms with Crippen molar-refractivity contribution in [2.45, 2.75) is 13.5 Å². The number of anilines is 1. The van der Waals surface area contributed by atoms with Gasteiger partial charge in [-0.3, -0.25) is 4.79 Å². The van der Waals surface area contributed by atoms with E-state index in [1.165, 1.54) is 0 Å². The topological polar surface area (TPSA) is 60.5 Å². The summed E-state index contributed by atoms with van der Waals surface area (Å²) in [4.78, 5) is 17.2. The molecule has 4 rings (SSSR count). The molecule has 4 aromatic rings. The molecule has 1 amide bonds. The van der Waals surface area contributed by atoms with Crippen molar-refractivity contribution in [3.63, 3.8) is 0 Å². The Hall–Kier alpha value is -3.64. The molecular formula is C24H20N2O3S. The lowest BCUT2D eigenvalue weighted by Gasteiger charge is -2.12. The standard InChI is InChI=1S/C24H20N2O3S/c1-17-25-19(16-30-17)15-28-21-11-7-8-18(14-21)24(27)26-22-12-5-6-13-23(22)29-20-9-3-2-4-10-20/h2-14,16H,15H2,1H3,(H,26,27). The Morgan fingerprint density at radius 2 is 1.73 bits per heavy atom. The number of nitrogens with one attached hydrogen (secondary N) is 1. The second kappa shape index (κ2) is 9.24. The van der Waals surface area contributed by atoms with Crippen LogP contribution in [0.15, 0.2) is 84.2 Å². The molecule has 0 fully saturated rings. The Morgan fingerprint density at radius 1 is 0.967 bits per heavy atom. The zero-order valence-corrected chi connectivity index (χ0v) is 17.2. The Kier molecular flexibility index (Phi) is 6.06. The van der Waals surface area contributed by atoms with E-state index in [0.29, 0.717) is 35.1 Å². The molecule has 3 aromatic carbocycles. The molecule has 0 aliphatic carbocycles. The van der Waals surface area contributed by atoms with Crippen LogP contribution in [0.4, 0.5) is 5.69 Å². The lowest BCUT2D eigenvalue weighted by molar-refractivity contribution is 0.102. The van der Waals surface area contributed by atoms with Crippen LogP contribution in [-0.4, -0.2) is 10.9 Å². The number of thiazole rings is 1. The van der Waals surface area contributed by atoms with Crippen molar-refractivity contribution in [1.82, 2.24) is 4.98 Å². The molecule has 0 saturated heterocycles. The van der Waals surface area contributed by atoms with Gasteiger partial charge in [0, 0.05) is 10.9 Å². The largest absolute Gasteiger partial charge is 0.487 e. The highest BCUT2D eigenvalue weighted by molar-refractivity contribution is 7.09. The number of carbonyl (C=O) groups is 1. The first-order chi connectivity index (χ1) is 14.7. The van der Waals surface area contributed by atoms with Gasteiger partial charge in [-0.15, -0.1) is 11.3 Å². The van der Waals surface area contributed by atoms with E-state index in [9.17, 15) is 4.79 Å². The van der Waals surface area contributed by atoms with E-state index in [-0.39, 0.29) is 5.91 Å². The van der Waals surface area contributed by atoms with Gasteiger partial charge >= 0.3 is 0 Å². The maximum absolute atomic E-state index is 12.8. The fourth-order valence-corrected chi connectivity index (χ4v) is 3.43. The molecular weight excluding hydrogens is 396 g/mol. The first kappa shape index (κ1) is 19.7. The first-order valence-electron chi connectivity index (χ1n) is 9.44. The summed E-state index contributed by atoms with van der Waals surface area (Å²) in [5.41, 5.74) is 1.96. The fourth-order valence-electron chi connectivity index (χ4n) is 2.83. The minimum Gasteiger partial charge on any atom is -0.487 e. The van der Waals surface area contributed by atoms with Gasteiger partial charge in [-0.2, -0.15) is 0 Å². The molecule has 1 aromatic heterocycles. The van der Waals surface area contributed by atoms with Crippen LogP contribution in [0, 0.1) is 6.92 Å². The molecule has 5 nitrogen and oxygen atoms in total. The van der Waals surface area contributed by atoms with Gasteiger partial charge in [-0.05, 0) is 49.4 Å². The van der Waals surface area contributed by atoms with Gasteiger partial charge in [0.05, 0.1) is 16.4 Å². The van der Waals surface area contributed by atoms with Crippen LogP contribution in [-0.2, 0) is 6.61 Å². The predicted molar refractivity (Wildman–Crippen MR) is 119 cm³/mol. The van der Waals surface area contributed by atoms with Gasteiger partial charge < -0.3 is 14.8 Å². The summed E-state index contributed by atoms with van der Waals surface area (Å²) in [7, 11) is 0. The Balaban J connectivity index is 1.45. The molecule has 0 radical (unpaired) electrons. The number of ether oxygens (including phenoxy) is 2. The molecule has 0 spiro atoms. The average Bonchev–Trinajstić information content (AvgIpc) is 3.20. The van der Waals surface area contributed by atoms with Crippen LogP contribution < -0.4 is 14.8 Å². The lowest BCUT2D eigenvalue weighted by atomic mass is 10.2. The van der Waals surface area contributed by atoms with Crippen molar-refractivity contribution >= 4 is 22.9 Å². The van der Waals surface area contributed by atoms with E-state index in [4.69, 9.17) is 9.47 Å². The number of aromatic nitrogens is 1. The molecule has 150 valence electrons. The van der Waals surface area contributed by atoms with Gasteiger partial charge in [0.25, 0.3) is 5.91 Å². The van der Waals surface area contributed by atoms with Crippen molar-refractivity contribution < 1.29 is 14.3 Å². The molecule has 0 atom stereocenters. The third kappa shape index (κ3) is 5.04. The van der Waals surface area contributed by atoms with Gasteiger partial charge in [0.15, 0.2) is 5.75 Å². The van der Waals surface area contributed by atoms with E-state index in [0.717, 1.165) is 10.7 Å². The van der Waals surface area contributed by atoms with E-state index >= 15 is 0 Å². The van der Waals surface area contributed by atoms with Crippen LogP contribution in [0.5, 0.6) is 17.2 Å². The highest BCUT2D eigenvalue weighted by atomic mass is 32.1. The number of nitrogens with zero attached hydrogens (tertiary/aromatic N) is 1. The minimum atomic E-state index is -0.242. The van der Waals surface area contributed by atoms with Crippen LogP contribution in [0.3, 0.4) is 0 Å². The third-order valence-electron chi connectivity index (χ3n) is 4.26. The van der Waals surface area contributed by atoms with Crippen LogP contribution in [0.2, 0.25) is 0 Å².